The van der Waals surface area contributed by atoms with Gasteiger partial charge in [0.05, 0.1) is 17.3 Å². The van der Waals surface area contributed by atoms with E-state index in [2.05, 4.69) is 15.0 Å². The Hall–Kier alpha value is -3.28. The van der Waals surface area contributed by atoms with Crippen molar-refractivity contribution in [3.63, 3.8) is 0 Å². The number of ether oxygens (including phenoxy) is 1. The standard InChI is InChI=1S/C23H22N4O2/c1-15-7-8-21(26-13-15)29-20-12-16-11-19(20)27(14-16)23(28)17-5-4-10-25-22(17)18-6-2-3-9-24-18/h2-10,13,16,19-20H,11-12,14H2,1H3. The molecule has 1 aliphatic carbocycles. The van der Waals surface area contributed by atoms with E-state index >= 15 is 0 Å². The Morgan fingerprint density at radius 1 is 1.03 bits per heavy atom. The number of aromatic nitrogens is 3. The fourth-order valence-electron chi connectivity index (χ4n) is 4.44. The van der Waals surface area contributed by atoms with Crippen LogP contribution in [0.2, 0.25) is 0 Å². The van der Waals surface area contributed by atoms with Gasteiger partial charge in [0.2, 0.25) is 5.88 Å². The van der Waals surface area contributed by atoms with Gasteiger partial charge in [-0.05, 0) is 55.5 Å². The Morgan fingerprint density at radius 3 is 2.69 bits per heavy atom. The molecule has 1 amide bonds. The maximum atomic E-state index is 13.5. The van der Waals surface area contributed by atoms with E-state index in [1.54, 1.807) is 24.7 Å². The van der Waals surface area contributed by atoms with E-state index in [0.29, 0.717) is 28.7 Å². The maximum absolute atomic E-state index is 13.5. The van der Waals surface area contributed by atoms with E-state index in [1.807, 2.05) is 48.2 Å². The molecule has 2 bridgehead atoms. The van der Waals surface area contributed by atoms with Gasteiger partial charge in [0.1, 0.15) is 11.8 Å². The van der Waals surface area contributed by atoms with Gasteiger partial charge in [0, 0.05) is 31.2 Å². The van der Waals surface area contributed by atoms with Crippen molar-refractivity contribution in [2.75, 3.05) is 6.54 Å². The zero-order chi connectivity index (χ0) is 19.8. The minimum Gasteiger partial charge on any atom is -0.472 e. The fraction of sp³-hybridized carbons (Fsp3) is 0.304. The zero-order valence-corrected chi connectivity index (χ0v) is 16.2. The molecule has 0 N–H and O–H groups in total. The second kappa shape index (κ2) is 7.28. The van der Waals surface area contributed by atoms with Gasteiger partial charge < -0.3 is 9.64 Å². The maximum Gasteiger partial charge on any atom is 0.256 e. The van der Waals surface area contributed by atoms with Crippen molar-refractivity contribution < 1.29 is 9.53 Å². The summed E-state index contributed by atoms with van der Waals surface area (Å²) < 4.78 is 6.16. The number of likely N-dealkylation sites (tertiary alicyclic amines) is 1. The molecule has 5 rings (SSSR count). The van der Waals surface area contributed by atoms with E-state index in [9.17, 15) is 4.79 Å². The normalized spacial score (nSPS) is 22.7. The molecular weight excluding hydrogens is 364 g/mol. The van der Waals surface area contributed by atoms with Crippen LogP contribution < -0.4 is 4.74 Å². The molecule has 0 radical (unpaired) electrons. The van der Waals surface area contributed by atoms with Gasteiger partial charge in [0.25, 0.3) is 5.91 Å². The molecule has 6 nitrogen and oxygen atoms in total. The van der Waals surface area contributed by atoms with E-state index in [4.69, 9.17) is 4.74 Å². The average Bonchev–Trinajstić information content (AvgIpc) is 3.36. The summed E-state index contributed by atoms with van der Waals surface area (Å²) in [6.07, 6.45) is 7.13. The van der Waals surface area contributed by atoms with Gasteiger partial charge in [-0.15, -0.1) is 0 Å². The Balaban J connectivity index is 1.39. The summed E-state index contributed by atoms with van der Waals surface area (Å²) in [5.74, 6) is 1.09. The molecule has 6 heteroatoms. The van der Waals surface area contributed by atoms with Gasteiger partial charge in [-0.25, -0.2) is 4.98 Å². The monoisotopic (exact) mass is 386 g/mol. The van der Waals surface area contributed by atoms with Crippen LogP contribution in [0.25, 0.3) is 11.4 Å². The van der Waals surface area contributed by atoms with Crippen molar-refractivity contribution in [1.82, 2.24) is 19.9 Å². The van der Waals surface area contributed by atoms with Gasteiger partial charge in [-0.3, -0.25) is 14.8 Å². The lowest BCUT2D eigenvalue weighted by molar-refractivity contribution is 0.0467. The van der Waals surface area contributed by atoms with Crippen LogP contribution in [0.15, 0.2) is 61.1 Å². The van der Waals surface area contributed by atoms with Crippen LogP contribution >= 0.6 is 0 Å². The molecule has 3 aromatic rings. The van der Waals surface area contributed by atoms with Crippen molar-refractivity contribution in [1.29, 1.82) is 0 Å². The number of pyridine rings is 3. The molecule has 4 heterocycles. The van der Waals surface area contributed by atoms with E-state index in [1.165, 1.54) is 0 Å². The lowest BCUT2D eigenvalue weighted by Gasteiger charge is -2.33. The lowest BCUT2D eigenvalue weighted by atomic mass is 10.0. The van der Waals surface area contributed by atoms with Crippen LogP contribution in [0.1, 0.15) is 28.8 Å². The van der Waals surface area contributed by atoms with Crippen molar-refractivity contribution in [3.05, 3.63) is 72.2 Å². The van der Waals surface area contributed by atoms with Crippen LogP contribution in [0.3, 0.4) is 0 Å². The van der Waals surface area contributed by atoms with Gasteiger partial charge in [-0.2, -0.15) is 0 Å². The highest BCUT2D eigenvalue weighted by molar-refractivity contribution is 6.00. The fourth-order valence-corrected chi connectivity index (χ4v) is 4.44. The van der Waals surface area contributed by atoms with Crippen LogP contribution in [-0.2, 0) is 0 Å². The summed E-state index contributed by atoms with van der Waals surface area (Å²) in [6.45, 7) is 2.77. The first kappa shape index (κ1) is 17.8. The molecule has 2 fully saturated rings. The summed E-state index contributed by atoms with van der Waals surface area (Å²) in [5.41, 5.74) is 3.02. The minimum absolute atomic E-state index is 0.00332. The lowest BCUT2D eigenvalue weighted by Crippen LogP contribution is -2.47. The van der Waals surface area contributed by atoms with Gasteiger partial charge in [0.15, 0.2) is 0 Å². The summed E-state index contributed by atoms with van der Waals surface area (Å²) in [4.78, 5) is 28.6. The van der Waals surface area contributed by atoms with Crippen molar-refractivity contribution in [3.8, 4) is 17.3 Å². The number of hydrogen-bond donors (Lipinski definition) is 0. The van der Waals surface area contributed by atoms with Gasteiger partial charge in [-0.1, -0.05) is 12.1 Å². The highest BCUT2D eigenvalue weighted by Gasteiger charge is 2.48. The molecular formula is C23H22N4O2. The number of rotatable bonds is 4. The number of piperidine rings is 1. The average molecular weight is 386 g/mol. The van der Waals surface area contributed by atoms with E-state index in [-0.39, 0.29) is 18.1 Å². The molecule has 0 aromatic carbocycles. The number of carbonyl (C=O) groups excluding carboxylic acids is 1. The van der Waals surface area contributed by atoms with E-state index < -0.39 is 0 Å². The number of amides is 1. The molecule has 3 aromatic heterocycles. The number of fused-ring (bicyclic) bond motifs is 2. The van der Waals surface area contributed by atoms with Gasteiger partial charge >= 0.3 is 0 Å². The third-order valence-corrected chi connectivity index (χ3v) is 5.79. The number of nitrogens with zero attached hydrogens (tertiary/aromatic N) is 4. The molecule has 0 spiro atoms. The van der Waals surface area contributed by atoms with Crippen LogP contribution in [-0.4, -0.2) is 44.4 Å². The van der Waals surface area contributed by atoms with Crippen LogP contribution in [0.4, 0.5) is 0 Å². The number of carbonyl (C=O) groups is 1. The summed E-state index contributed by atoms with van der Waals surface area (Å²) >= 11 is 0. The second-order valence-corrected chi connectivity index (χ2v) is 7.81. The Labute approximate surface area is 169 Å². The highest BCUT2D eigenvalue weighted by Crippen LogP contribution is 2.40. The Morgan fingerprint density at radius 2 is 1.93 bits per heavy atom. The summed E-state index contributed by atoms with van der Waals surface area (Å²) in [5, 5.41) is 0. The summed E-state index contributed by atoms with van der Waals surface area (Å²) in [7, 11) is 0. The first-order chi connectivity index (χ1) is 14.2. The van der Waals surface area contributed by atoms with Crippen molar-refractivity contribution >= 4 is 5.91 Å². The molecule has 3 unspecified atom stereocenters. The number of hydrogen-bond acceptors (Lipinski definition) is 5. The van der Waals surface area contributed by atoms with E-state index in [0.717, 1.165) is 24.9 Å². The largest absolute Gasteiger partial charge is 0.472 e. The quantitative estimate of drug-likeness (QED) is 0.686. The molecule has 1 saturated heterocycles. The molecule has 29 heavy (non-hydrogen) atoms. The first-order valence-corrected chi connectivity index (χ1v) is 9.96. The van der Waals surface area contributed by atoms with Crippen LogP contribution in [0.5, 0.6) is 5.88 Å². The first-order valence-electron chi connectivity index (χ1n) is 9.96. The Bertz CT molecular complexity index is 1020. The second-order valence-electron chi connectivity index (χ2n) is 7.81. The topological polar surface area (TPSA) is 68.2 Å². The Kier molecular flexibility index (Phi) is 4.46. The molecule has 146 valence electrons. The molecule has 1 aliphatic heterocycles. The molecule has 3 atom stereocenters. The van der Waals surface area contributed by atoms with Crippen molar-refractivity contribution in [2.24, 2.45) is 5.92 Å². The third-order valence-electron chi connectivity index (χ3n) is 5.79. The molecule has 1 saturated carbocycles. The molecule has 2 aliphatic rings. The number of aryl methyl sites for hydroxylation is 1. The smallest absolute Gasteiger partial charge is 0.256 e. The zero-order valence-electron chi connectivity index (χ0n) is 16.2. The minimum atomic E-state index is -0.0251. The van der Waals surface area contributed by atoms with Crippen molar-refractivity contribution in [2.45, 2.75) is 31.9 Å². The predicted molar refractivity (Wildman–Crippen MR) is 108 cm³/mol. The predicted octanol–water partition coefficient (Wildman–Crippen LogP) is 3.53. The summed E-state index contributed by atoms with van der Waals surface area (Å²) in [6, 6.07) is 13.2. The third kappa shape index (κ3) is 3.35. The SMILES string of the molecule is Cc1ccc(OC2CC3CC2N(C(=O)c2cccnc2-c2ccccn2)C3)nc1. The highest BCUT2D eigenvalue weighted by atomic mass is 16.5. The van der Waals surface area contributed by atoms with Crippen LogP contribution in [0, 0.1) is 12.8 Å².